The van der Waals surface area contributed by atoms with E-state index in [2.05, 4.69) is 0 Å². The Bertz CT molecular complexity index is 485. The summed E-state index contributed by atoms with van der Waals surface area (Å²) in [6.07, 6.45) is 2.38. The molecule has 1 aromatic carbocycles. The zero-order chi connectivity index (χ0) is 14.5. The van der Waals surface area contributed by atoms with Gasteiger partial charge in [-0.3, -0.25) is 0 Å². The van der Waals surface area contributed by atoms with Gasteiger partial charge in [0.05, 0.1) is 32.1 Å². The van der Waals surface area contributed by atoms with E-state index in [0.29, 0.717) is 24.0 Å². The summed E-state index contributed by atoms with van der Waals surface area (Å²) >= 11 is 0. The van der Waals surface area contributed by atoms with Gasteiger partial charge in [-0.15, -0.1) is 0 Å². The number of nitrogen functional groups attached to an aromatic ring is 1. The predicted molar refractivity (Wildman–Crippen MR) is 72.9 cm³/mol. The fourth-order valence-electron chi connectivity index (χ4n) is 1.74. The molecule has 0 spiro atoms. The van der Waals surface area contributed by atoms with Crippen LogP contribution in [0.4, 0.5) is 5.69 Å². The molecule has 0 saturated heterocycles. The molecule has 110 valence electrons. The highest BCUT2D eigenvalue weighted by molar-refractivity contribution is 5.96. The summed E-state index contributed by atoms with van der Waals surface area (Å²) in [6.45, 7) is 0.567. The molecule has 1 aliphatic carbocycles. The first kappa shape index (κ1) is 14.5. The van der Waals surface area contributed by atoms with Crippen molar-refractivity contribution in [1.82, 2.24) is 0 Å². The molecule has 0 unspecified atom stereocenters. The third-order valence-corrected chi connectivity index (χ3v) is 3.10. The number of methoxy groups -OCH3 is 2. The molecule has 1 aliphatic rings. The average Bonchev–Trinajstić information content (AvgIpc) is 3.27. The minimum atomic E-state index is -0.542. The predicted octanol–water partition coefficient (Wildman–Crippen LogP) is 1.83. The Morgan fingerprint density at radius 1 is 1.25 bits per heavy atom. The highest BCUT2D eigenvalue weighted by Crippen LogP contribution is 2.32. The minimum absolute atomic E-state index is 0.0664. The molecule has 1 aromatic rings. The van der Waals surface area contributed by atoms with E-state index in [4.69, 9.17) is 24.7 Å². The van der Waals surface area contributed by atoms with Gasteiger partial charge < -0.3 is 24.7 Å². The van der Waals surface area contributed by atoms with Crippen LogP contribution in [0.5, 0.6) is 11.5 Å². The van der Waals surface area contributed by atoms with Crippen molar-refractivity contribution in [3.05, 3.63) is 17.7 Å². The van der Waals surface area contributed by atoms with Crippen LogP contribution in [-0.4, -0.2) is 33.6 Å². The number of esters is 1. The van der Waals surface area contributed by atoms with Crippen molar-refractivity contribution in [1.29, 1.82) is 0 Å². The van der Waals surface area contributed by atoms with Gasteiger partial charge in [0, 0.05) is 12.1 Å². The van der Waals surface area contributed by atoms with E-state index in [1.807, 2.05) is 0 Å². The zero-order valence-corrected chi connectivity index (χ0v) is 11.7. The van der Waals surface area contributed by atoms with Crippen LogP contribution in [-0.2, 0) is 9.47 Å². The van der Waals surface area contributed by atoms with E-state index >= 15 is 0 Å². The Kier molecular flexibility index (Phi) is 4.68. The second kappa shape index (κ2) is 6.47. The maximum atomic E-state index is 11.9. The molecule has 0 radical (unpaired) electrons. The van der Waals surface area contributed by atoms with Gasteiger partial charge in [0.15, 0.2) is 18.3 Å². The number of carbonyl (C=O) groups is 1. The number of hydrogen-bond acceptors (Lipinski definition) is 6. The summed E-state index contributed by atoms with van der Waals surface area (Å²) < 4.78 is 20.5. The minimum Gasteiger partial charge on any atom is -0.493 e. The molecule has 20 heavy (non-hydrogen) atoms. The number of rotatable bonds is 7. The Hall–Kier alpha value is -1.95. The maximum absolute atomic E-state index is 11.9. The first-order valence-corrected chi connectivity index (χ1v) is 6.42. The summed E-state index contributed by atoms with van der Waals surface area (Å²) in [5.74, 6) is 0.971. The number of nitrogens with two attached hydrogens (primary N) is 1. The fourth-order valence-corrected chi connectivity index (χ4v) is 1.74. The van der Waals surface area contributed by atoms with Crippen LogP contribution in [0.3, 0.4) is 0 Å². The molecule has 1 fully saturated rings. The third-order valence-electron chi connectivity index (χ3n) is 3.10. The highest BCUT2D eigenvalue weighted by Gasteiger charge is 2.21. The van der Waals surface area contributed by atoms with E-state index in [1.165, 1.54) is 39.2 Å². The normalized spacial score (nSPS) is 13.9. The summed E-state index contributed by atoms with van der Waals surface area (Å²) in [4.78, 5) is 11.9. The topological polar surface area (TPSA) is 80.0 Å². The molecule has 0 aromatic heterocycles. The molecule has 6 heteroatoms. The standard InChI is InChI=1S/C14H19NO5/c1-17-12-5-10(11(15)6-13(12)18-2)14(16)20-8-19-7-9-3-4-9/h5-6,9H,3-4,7-8,15H2,1-2H3. The molecule has 0 atom stereocenters. The van der Waals surface area contributed by atoms with E-state index < -0.39 is 5.97 Å². The van der Waals surface area contributed by atoms with Crippen LogP contribution in [0.2, 0.25) is 0 Å². The van der Waals surface area contributed by atoms with Crippen molar-refractivity contribution in [2.24, 2.45) is 5.92 Å². The summed E-state index contributed by atoms with van der Waals surface area (Å²) in [6, 6.07) is 3.03. The van der Waals surface area contributed by atoms with Crippen LogP contribution in [0.25, 0.3) is 0 Å². The molecular formula is C14H19NO5. The van der Waals surface area contributed by atoms with Gasteiger partial charge >= 0.3 is 5.97 Å². The van der Waals surface area contributed by atoms with Crippen LogP contribution in [0, 0.1) is 5.92 Å². The van der Waals surface area contributed by atoms with Gasteiger partial charge in [-0.05, 0) is 18.8 Å². The second-order valence-corrected chi connectivity index (χ2v) is 4.66. The van der Waals surface area contributed by atoms with E-state index in [9.17, 15) is 4.79 Å². The molecule has 0 bridgehead atoms. The molecule has 1 saturated carbocycles. The number of benzene rings is 1. The first-order chi connectivity index (χ1) is 9.65. The molecule has 0 heterocycles. The lowest BCUT2D eigenvalue weighted by molar-refractivity contribution is -0.0344. The van der Waals surface area contributed by atoms with Crippen LogP contribution in [0.1, 0.15) is 23.2 Å². The number of ether oxygens (including phenoxy) is 4. The monoisotopic (exact) mass is 281 g/mol. The Balaban J connectivity index is 1.96. The van der Waals surface area contributed by atoms with E-state index in [0.717, 1.165) is 0 Å². The van der Waals surface area contributed by atoms with Crippen molar-refractivity contribution in [2.45, 2.75) is 12.8 Å². The molecule has 6 nitrogen and oxygen atoms in total. The third kappa shape index (κ3) is 3.54. The van der Waals surface area contributed by atoms with Crippen LogP contribution < -0.4 is 15.2 Å². The number of carbonyl (C=O) groups excluding carboxylic acids is 1. The Morgan fingerprint density at radius 2 is 1.90 bits per heavy atom. The molecule has 0 aliphatic heterocycles. The molecule has 2 N–H and O–H groups in total. The van der Waals surface area contributed by atoms with Crippen LogP contribution >= 0.6 is 0 Å². The van der Waals surface area contributed by atoms with Crippen molar-refractivity contribution < 1.29 is 23.7 Å². The van der Waals surface area contributed by atoms with E-state index in [1.54, 1.807) is 0 Å². The largest absolute Gasteiger partial charge is 0.493 e. The van der Waals surface area contributed by atoms with Gasteiger partial charge in [-0.2, -0.15) is 0 Å². The van der Waals surface area contributed by atoms with Gasteiger partial charge in [0.2, 0.25) is 0 Å². The average molecular weight is 281 g/mol. The lowest BCUT2D eigenvalue weighted by Gasteiger charge is -2.12. The number of hydrogen-bond donors (Lipinski definition) is 1. The van der Waals surface area contributed by atoms with Crippen molar-refractivity contribution >= 4 is 11.7 Å². The lowest BCUT2D eigenvalue weighted by atomic mass is 10.1. The van der Waals surface area contributed by atoms with Crippen molar-refractivity contribution in [2.75, 3.05) is 33.4 Å². The summed E-state index contributed by atoms with van der Waals surface area (Å²) in [5.41, 5.74) is 6.31. The smallest absolute Gasteiger partial charge is 0.342 e. The zero-order valence-electron chi connectivity index (χ0n) is 11.7. The van der Waals surface area contributed by atoms with Gasteiger partial charge in [-0.25, -0.2) is 4.79 Å². The van der Waals surface area contributed by atoms with Gasteiger partial charge in [0.1, 0.15) is 0 Å². The van der Waals surface area contributed by atoms with Crippen molar-refractivity contribution in [3.63, 3.8) is 0 Å². The molecular weight excluding hydrogens is 262 g/mol. The van der Waals surface area contributed by atoms with Crippen LogP contribution in [0.15, 0.2) is 12.1 Å². The maximum Gasteiger partial charge on any atom is 0.342 e. The first-order valence-electron chi connectivity index (χ1n) is 6.42. The summed E-state index contributed by atoms with van der Waals surface area (Å²) in [7, 11) is 2.99. The fraction of sp³-hybridized carbons (Fsp3) is 0.500. The summed E-state index contributed by atoms with van der Waals surface area (Å²) in [5, 5.41) is 0. The Labute approximate surface area is 117 Å². The Morgan fingerprint density at radius 3 is 2.50 bits per heavy atom. The van der Waals surface area contributed by atoms with Gasteiger partial charge in [-0.1, -0.05) is 0 Å². The SMILES string of the molecule is COc1cc(N)c(C(=O)OCOCC2CC2)cc1OC. The highest BCUT2D eigenvalue weighted by atomic mass is 16.7. The lowest BCUT2D eigenvalue weighted by Crippen LogP contribution is -2.12. The van der Waals surface area contributed by atoms with Crippen molar-refractivity contribution in [3.8, 4) is 11.5 Å². The molecule has 0 amide bonds. The number of anilines is 1. The molecule has 2 rings (SSSR count). The quantitative estimate of drug-likeness (QED) is 0.355. The van der Waals surface area contributed by atoms with Gasteiger partial charge in [0.25, 0.3) is 0 Å². The van der Waals surface area contributed by atoms with E-state index in [-0.39, 0.29) is 18.0 Å². The second-order valence-electron chi connectivity index (χ2n) is 4.66.